The number of carbonyl (C=O) groups excluding carboxylic acids is 1. The normalized spacial score (nSPS) is 20.3. The molecule has 1 aromatic rings. The van der Waals surface area contributed by atoms with Gasteiger partial charge in [0, 0.05) is 18.2 Å². The molecule has 1 atom stereocenters. The van der Waals surface area contributed by atoms with E-state index in [1.54, 1.807) is 14.2 Å². The van der Waals surface area contributed by atoms with E-state index in [4.69, 9.17) is 9.47 Å². The third-order valence-electron chi connectivity index (χ3n) is 5.71. The van der Waals surface area contributed by atoms with Gasteiger partial charge < -0.3 is 19.9 Å². The molecule has 1 aliphatic carbocycles. The summed E-state index contributed by atoms with van der Waals surface area (Å²) in [5.74, 6) is -0.201. The summed E-state index contributed by atoms with van der Waals surface area (Å²) in [6.07, 6.45) is 6.92. The Morgan fingerprint density at radius 3 is 2.85 bits per heavy atom. The molecule has 0 spiro atoms. The molecule has 2 aliphatic rings. The molecule has 1 heterocycles. The number of benzene rings is 1. The van der Waals surface area contributed by atoms with Crippen LogP contribution < -0.4 is 10.1 Å². The number of carboxylic acids is 1. The van der Waals surface area contributed by atoms with Crippen LogP contribution in [0, 0.1) is 12.8 Å². The van der Waals surface area contributed by atoms with Gasteiger partial charge in [-0.25, -0.2) is 4.79 Å². The maximum absolute atomic E-state index is 12.2. The highest BCUT2D eigenvalue weighted by Crippen LogP contribution is 2.41. The van der Waals surface area contributed by atoms with Crippen molar-refractivity contribution in [2.75, 3.05) is 19.5 Å². The molecule has 1 unspecified atom stereocenters. The molecule has 6 heteroatoms. The molecule has 0 radical (unpaired) electrons. The Labute approximate surface area is 159 Å². The molecular weight excluding hydrogens is 346 g/mol. The van der Waals surface area contributed by atoms with E-state index in [2.05, 4.69) is 11.4 Å². The topological polar surface area (TPSA) is 84.9 Å². The molecule has 0 amide bonds. The molecule has 6 nitrogen and oxygen atoms in total. The molecule has 1 fully saturated rings. The Morgan fingerprint density at radius 2 is 2.19 bits per heavy atom. The molecule has 1 saturated carbocycles. The highest BCUT2D eigenvalue weighted by atomic mass is 16.5. The minimum Gasteiger partial charge on any atom is -0.496 e. The first-order valence-corrected chi connectivity index (χ1v) is 9.45. The number of hydrogen-bond donors (Lipinski definition) is 2. The van der Waals surface area contributed by atoms with Crippen molar-refractivity contribution < 1.29 is 24.2 Å². The van der Waals surface area contributed by atoms with Gasteiger partial charge in [0.05, 0.1) is 24.8 Å². The van der Waals surface area contributed by atoms with E-state index in [9.17, 15) is 14.7 Å². The van der Waals surface area contributed by atoms with Crippen molar-refractivity contribution in [1.29, 1.82) is 0 Å². The average molecular weight is 373 g/mol. The van der Waals surface area contributed by atoms with Crippen molar-refractivity contribution in [1.82, 2.24) is 0 Å². The van der Waals surface area contributed by atoms with Gasteiger partial charge in [-0.15, -0.1) is 0 Å². The van der Waals surface area contributed by atoms with Gasteiger partial charge in [-0.2, -0.15) is 0 Å². The maximum Gasteiger partial charge on any atom is 0.341 e. The molecule has 0 saturated heterocycles. The van der Waals surface area contributed by atoms with Crippen molar-refractivity contribution in [2.45, 2.75) is 52.1 Å². The highest BCUT2D eigenvalue weighted by molar-refractivity contribution is 6.01. The Morgan fingerprint density at radius 1 is 1.41 bits per heavy atom. The van der Waals surface area contributed by atoms with E-state index < -0.39 is 5.97 Å². The number of esters is 1. The second kappa shape index (κ2) is 8.03. The number of methoxy groups -OCH3 is 1. The van der Waals surface area contributed by atoms with Crippen molar-refractivity contribution >= 4 is 17.6 Å². The third-order valence-corrected chi connectivity index (χ3v) is 5.71. The number of aliphatic carboxylic acids is 1. The number of nitrogens with one attached hydrogen (secondary N) is 1. The minimum absolute atomic E-state index is 0.0979. The summed E-state index contributed by atoms with van der Waals surface area (Å²) in [6, 6.07) is 0. The van der Waals surface area contributed by atoms with E-state index in [1.807, 2.05) is 6.92 Å². The molecule has 146 valence electrons. The first-order chi connectivity index (χ1) is 13.0. The molecular formula is C21H27NO5. The van der Waals surface area contributed by atoms with Gasteiger partial charge in [-0.3, -0.25) is 4.79 Å². The van der Waals surface area contributed by atoms with Crippen molar-refractivity contribution in [3.63, 3.8) is 0 Å². The van der Waals surface area contributed by atoms with Crippen LogP contribution in [0.25, 0.3) is 0 Å². The Kier molecular flexibility index (Phi) is 5.73. The SMILES string of the molecule is CNc1c(C/C=C2\CCCCC2CC(=O)O)c(OC)c(C)c2c1C(=O)OC2. The molecule has 0 aromatic heterocycles. The Bertz CT molecular complexity index is 796. The number of rotatable bonds is 6. The van der Waals surface area contributed by atoms with Crippen molar-refractivity contribution in [3.8, 4) is 5.75 Å². The number of carbonyl (C=O) groups is 2. The van der Waals surface area contributed by atoms with E-state index >= 15 is 0 Å². The molecule has 1 aliphatic heterocycles. The molecule has 3 rings (SSSR count). The van der Waals surface area contributed by atoms with E-state index in [1.165, 1.54) is 5.57 Å². The van der Waals surface area contributed by atoms with Gasteiger partial charge in [0.15, 0.2) is 0 Å². The second-order valence-electron chi connectivity index (χ2n) is 7.22. The zero-order valence-electron chi connectivity index (χ0n) is 16.2. The van der Waals surface area contributed by atoms with Gasteiger partial charge in [0.25, 0.3) is 0 Å². The summed E-state index contributed by atoms with van der Waals surface area (Å²) in [6.45, 7) is 2.22. The van der Waals surface area contributed by atoms with Crippen LogP contribution in [0.5, 0.6) is 5.75 Å². The van der Waals surface area contributed by atoms with Crippen LogP contribution in [0.1, 0.15) is 59.2 Å². The van der Waals surface area contributed by atoms with Gasteiger partial charge in [-0.1, -0.05) is 18.1 Å². The summed E-state index contributed by atoms with van der Waals surface area (Å²) < 4.78 is 10.9. The number of ether oxygens (including phenoxy) is 2. The van der Waals surface area contributed by atoms with E-state index in [-0.39, 0.29) is 24.9 Å². The van der Waals surface area contributed by atoms with Crippen LogP contribution in [0.15, 0.2) is 11.6 Å². The lowest BCUT2D eigenvalue weighted by molar-refractivity contribution is -0.137. The third kappa shape index (κ3) is 3.66. The van der Waals surface area contributed by atoms with Gasteiger partial charge in [0.1, 0.15) is 12.4 Å². The monoisotopic (exact) mass is 373 g/mol. The van der Waals surface area contributed by atoms with Crippen LogP contribution in [0.2, 0.25) is 0 Å². The molecule has 0 bridgehead atoms. The van der Waals surface area contributed by atoms with Crippen LogP contribution in [0.4, 0.5) is 5.69 Å². The van der Waals surface area contributed by atoms with Gasteiger partial charge >= 0.3 is 11.9 Å². The standard InChI is InChI=1S/C21H27NO5/c1-12-16-11-27-21(25)18(16)19(22-2)15(20(12)26-3)9-8-13-6-4-5-7-14(13)10-17(23)24/h8,14,22H,4-7,9-11H2,1-3H3,(H,23,24)/b13-8+. The molecule has 2 N–H and O–H groups in total. The predicted molar refractivity (Wildman–Crippen MR) is 102 cm³/mol. The van der Waals surface area contributed by atoms with Gasteiger partial charge in [-0.05, 0) is 44.1 Å². The number of anilines is 1. The first kappa shape index (κ1) is 19.3. The van der Waals surface area contributed by atoms with Crippen LogP contribution >= 0.6 is 0 Å². The van der Waals surface area contributed by atoms with E-state index in [0.29, 0.717) is 12.0 Å². The highest BCUT2D eigenvalue weighted by Gasteiger charge is 2.31. The summed E-state index contributed by atoms with van der Waals surface area (Å²) in [4.78, 5) is 23.4. The second-order valence-corrected chi connectivity index (χ2v) is 7.22. The summed E-state index contributed by atoms with van der Waals surface area (Å²) in [5, 5.41) is 12.4. The lowest BCUT2D eigenvalue weighted by Crippen LogP contribution is -2.15. The maximum atomic E-state index is 12.2. The summed E-state index contributed by atoms with van der Waals surface area (Å²) >= 11 is 0. The fourth-order valence-corrected chi connectivity index (χ4v) is 4.38. The molecule has 27 heavy (non-hydrogen) atoms. The minimum atomic E-state index is -0.752. The largest absolute Gasteiger partial charge is 0.496 e. The van der Waals surface area contributed by atoms with Gasteiger partial charge in [0.2, 0.25) is 0 Å². The Balaban J connectivity index is 2.01. The average Bonchev–Trinajstić information content (AvgIpc) is 3.03. The zero-order valence-corrected chi connectivity index (χ0v) is 16.2. The number of hydrogen-bond acceptors (Lipinski definition) is 5. The smallest absolute Gasteiger partial charge is 0.341 e. The number of carboxylic acid groups (broad SMARTS) is 1. The predicted octanol–water partition coefficient (Wildman–Crippen LogP) is 3.85. The lowest BCUT2D eigenvalue weighted by Gasteiger charge is -2.25. The fourth-order valence-electron chi connectivity index (χ4n) is 4.38. The number of cyclic esters (lactones) is 1. The van der Waals surface area contributed by atoms with Crippen molar-refractivity contribution in [2.24, 2.45) is 5.92 Å². The first-order valence-electron chi connectivity index (χ1n) is 9.45. The summed E-state index contributed by atoms with van der Waals surface area (Å²) in [7, 11) is 3.43. The zero-order chi connectivity index (χ0) is 19.6. The number of allylic oxidation sites excluding steroid dienone is 2. The van der Waals surface area contributed by atoms with Crippen LogP contribution in [0.3, 0.4) is 0 Å². The van der Waals surface area contributed by atoms with Crippen LogP contribution in [-0.2, 0) is 22.6 Å². The fraction of sp³-hybridized carbons (Fsp3) is 0.524. The van der Waals surface area contributed by atoms with E-state index in [0.717, 1.165) is 53.8 Å². The lowest BCUT2D eigenvalue weighted by atomic mass is 9.81. The summed E-state index contributed by atoms with van der Waals surface area (Å²) in [5.41, 5.74) is 5.26. The molecule has 1 aromatic carbocycles. The van der Waals surface area contributed by atoms with Crippen molar-refractivity contribution in [3.05, 3.63) is 33.9 Å². The van der Waals surface area contributed by atoms with Crippen LogP contribution in [-0.4, -0.2) is 31.2 Å². The number of fused-ring (bicyclic) bond motifs is 1. The quantitative estimate of drug-likeness (QED) is 0.582. The Hall–Kier alpha value is -2.50.